The molecule has 29 heavy (non-hydrogen) atoms. The van der Waals surface area contributed by atoms with Crippen LogP contribution in [-0.2, 0) is 17.8 Å². The Morgan fingerprint density at radius 2 is 1.59 bits per heavy atom. The van der Waals surface area contributed by atoms with E-state index in [9.17, 15) is 4.79 Å². The summed E-state index contributed by atoms with van der Waals surface area (Å²) in [4.78, 5) is 12.1. The van der Waals surface area contributed by atoms with Gasteiger partial charge in [-0.15, -0.1) is 0 Å². The number of hydrogen-bond acceptors (Lipinski definition) is 4. The van der Waals surface area contributed by atoms with E-state index in [4.69, 9.17) is 17.2 Å². The largest absolute Gasteiger partial charge is 0.330 e. The molecule has 2 aromatic rings. The van der Waals surface area contributed by atoms with Crippen molar-refractivity contribution in [1.82, 2.24) is 0 Å². The molecule has 0 aromatic heterocycles. The smallest absolute Gasteiger partial charge is 0.149 e. The molecule has 0 bridgehead atoms. The number of hydrogen-bond donors (Lipinski definition) is 3. The quantitative estimate of drug-likeness (QED) is 0.415. The maximum Gasteiger partial charge on any atom is 0.149 e. The zero-order valence-corrected chi connectivity index (χ0v) is 17.6. The SMILES string of the molecule is NCCCC[C@H](N)C(=O)CCCCCCc1cccc(-c2ccccc2)c1CN. The van der Waals surface area contributed by atoms with Crippen LogP contribution in [0.25, 0.3) is 11.1 Å². The van der Waals surface area contributed by atoms with Gasteiger partial charge in [-0.1, -0.05) is 67.8 Å². The van der Waals surface area contributed by atoms with Crippen LogP contribution in [0.4, 0.5) is 0 Å². The summed E-state index contributed by atoms with van der Waals surface area (Å²) in [5.41, 5.74) is 22.6. The Labute approximate surface area is 175 Å². The summed E-state index contributed by atoms with van der Waals surface area (Å²) in [6.45, 7) is 1.22. The van der Waals surface area contributed by atoms with Gasteiger partial charge in [-0.2, -0.15) is 0 Å². The molecule has 158 valence electrons. The number of unbranched alkanes of at least 4 members (excludes halogenated alkanes) is 4. The molecule has 0 heterocycles. The second-order valence-corrected chi connectivity index (χ2v) is 7.78. The maximum absolute atomic E-state index is 12.1. The maximum atomic E-state index is 12.1. The Kier molecular flexibility index (Phi) is 10.6. The molecule has 0 spiro atoms. The molecule has 6 N–H and O–H groups in total. The normalized spacial score (nSPS) is 12.1. The minimum Gasteiger partial charge on any atom is -0.330 e. The summed E-state index contributed by atoms with van der Waals surface area (Å²) >= 11 is 0. The molecular formula is C25H37N3O. The summed E-state index contributed by atoms with van der Waals surface area (Å²) in [5, 5.41) is 0. The molecule has 1 atom stereocenters. The summed E-state index contributed by atoms with van der Waals surface area (Å²) < 4.78 is 0. The number of carbonyl (C=O) groups is 1. The second kappa shape index (κ2) is 13.3. The number of benzene rings is 2. The van der Waals surface area contributed by atoms with Crippen LogP contribution in [0.2, 0.25) is 0 Å². The molecule has 2 aromatic carbocycles. The molecule has 0 saturated heterocycles. The van der Waals surface area contributed by atoms with Gasteiger partial charge in [-0.25, -0.2) is 0 Å². The summed E-state index contributed by atoms with van der Waals surface area (Å²) in [5.74, 6) is 0.197. The van der Waals surface area contributed by atoms with Gasteiger partial charge in [0.15, 0.2) is 0 Å². The second-order valence-electron chi connectivity index (χ2n) is 7.78. The Morgan fingerprint density at radius 3 is 2.31 bits per heavy atom. The van der Waals surface area contributed by atoms with Gasteiger partial charge < -0.3 is 17.2 Å². The lowest BCUT2D eigenvalue weighted by Gasteiger charge is -2.14. The van der Waals surface area contributed by atoms with Gasteiger partial charge in [0.05, 0.1) is 6.04 Å². The molecule has 4 nitrogen and oxygen atoms in total. The van der Waals surface area contributed by atoms with Gasteiger partial charge in [-0.05, 0) is 60.9 Å². The topological polar surface area (TPSA) is 95.1 Å². The van der Waals surface area contributed by atoms with Gasteiger partial charge in [0.2, 0.25) is 0 Å². The monoisotopic (exact) mass is 395 g/mol. The minimum absolute atomic E-state index is 0.197. The zero-order chi connectivity index (χ0) is 20.9. The molecule has 4 heteroatoms. The van der Waals surface area contributed by atoms with Crippen LogP contribution in [0.15, 0.2) is 48.5 Å². The molecule has 0 fully saturated rings. The van der Waals surface area contributed by atoms with E-state index < -0.39 is 0 Å². The number of nitrogens with two attached hydrogens (primary N) is 3. The molecule has 0 aliphatic rings. The van der Waals surface area contributed by atoms with Gasteiger partial charge in [0, 0.05) is 13.0 Å². The first-order valence-electron chi connectivity index (χ1n) is 11.0. The number of ketones is 1. The van der Waals surface area contributed by atoms with E-state index in [1.165, 1.54) is 22.3 Å². The molecule has 0 aliphatic heterocycles. The fourth-order valence-electron chi connectivity index (χ4n) is 3.82. The van der Waals surface area contributed by atoms with Crippen molar-refractivity contribution in [2.24, 2.45) is 17.2 Å². The van der Waals surface area contributed by atoms with Gasteiger partial charge >= 0.3 is 0 Å². The van der Waals surface area contributed by atoms with Crippen molar-refractivity contribution in [3.8, 4) is 11.1 Å². The predicted octanol–water partition coefficient (Wildman–Crippen LogP) is 4.33. The lowest BCUT2D eigenvalue weighted by Crippen LogP contribution is -2.30. The first-order valence-corrected chi connectivity index (χ1v) is 11.0. The van der Waals surface area contributed by atoms with Crippen molar-refractivity contribution in [1.29, 1.82) is 0 Å². The van der Waals surface area contributed by atoms with Crippen LogP contribution in [0, 0.1) is 0 Å². The van der Waals surface area contributed by atoms with E-state index in [2.05, 4.69) is 42.5 Å². The van der Waals surface area contributed by atoms with Crippen LogP contribution in [0.3, 0.4) is 0 Å². The summed E-state index contributed by atoms with van der Waals surface area (Å²) in [7, 11) is 0. The van der Waals surface area contributed by atoms with Crippen molar-refractivity contribution in [3.63, 3.8) is 0 Å². The van der Waals surface area contributed by atoms with Gasteiger partial charge in [0.25, 0.3) is 0 Å². The van der Waals surface area contributed by atoms with Crippen LogP contribution < -0.4 is 17.2 Å². The van der Waals surface area contributed by atoms with Crippen LogP contribution >= 0.6 is 0 Å². The highest BCUT2D eigenvalue weighted by molar-refractivity contribution is 5.83. The first-order chi connectivity index (χ1) is 14.2. The van der Waals surface area contributed by atoms with E-state index in [-0.39, 0.29) is 11.8 Å². The number of rotatable bonds is 14. The average Bonchev–Trinajstić information content (AvgIpc) is 2.76. The third kappa shape index (κ3) is 7.73. The molecule has 0 amide bonds. The Hall–Kier alpha value is -2.01. The first kappa shape index (κ1) is 23.3. The van der Waals surface area contributed by atoms with E-state index >= 15 is 0 Å². The summed E-state index contributed by atoms with van der Waals surface area (Å²) in [6, 6.07) is 16.6. The third-order valence-corrected chi connectivity index (χ3v) is 5.56. The van der Waals surface area contributed by atoms with Crippen molar-refractivity contribution in [2.45, 2.75) is 70.4 Å². The van der Waals surface area contributed by atoms with Crippen LogP contribution in [0.1, 0.15) is 62.5 Å². The Bertz CT molecular complexity index is 730. The van der Waals surface area contributed by atoms with Crippen molar-refractivity contribution in [2.75, 3.05) is 6.54 Å². The molecule has 0 saturated carbocycles. The molecule has 0 unspecified atom stereocenters. The van der Waals surface area contributed by atoms with Crippen LogP contribution in [-0.4, -0.2) is 18.4 Å². The lowest BCUT2D eigenvalue weighted by atomic mass is 9.92. The fourth-order valence-corrected chi connectivity index (χ4v) is 3.82. The third-order valence-electron chi connectivity index (χ3n) is 5.56. The van der Waals surface area contributed by atoms with E-state index in [1.54, 1.807) is 0 Å². The highest BCUT2D eigenvalue weighted by Crippen LogP contribution is 2.27. The molecule has 0 aliphatic carbocycles. The lowest BCUT2D eigenvalue weighted by molar-refractivity contribution is -0.120. The molecule has 0 radical (unpaired) electrons. The molecule has 2 rings (SSSR count). The van der Waals surface area contributed by atoms with Gasteiger partial charge in [0.1, 0.15) is 5.78 Å². The van der Waals surface area contributed by atoms with Crippen LogP contribution in [0.5, 0.6) is 0 Å². The van der Waals surface area contributed by atoms with Crippen molar-refractivity contribution < 1.29 is 4.79 Å². The molecular weight excluding hydrogens is 358 g/mol. The summed E-state index contributed by atoms with van der Waals surface area (Å²) in [6.07, 6.45) is 8.50. The highest BCUT2D eigenvalue weighted by atomic mass is 16.1. The Morgan fingerprint density at radius 1 is 0.828 bits per heavy atom. The number of aryl methyl sites for hydroxylation is 1. The number of carbonyl (C=O) groups excluding carboxylic acids is 1. The van der Waals surface area contributed by atoms with Crippen molar-refractivity contribution in [3.05, 3.63) is 59.7 Å². The average molecular weight is 396 g/mol. The Balaban J connectivity index is 1.75. The highest BCUT2D eigenvalue weighted by Gasteiger charge is 2.12. The van der Waals surface area contributed by atoms with Crippen molar-refractivity contribution >= 4 is 5.78 Å². The zero-order valence-electron chi connectivity index (χ0n) is 17.6. The minimum atomic E-state index is -0.311. The van der Waals surface area contributed by atoms with E-state index in [0.29, 0.717) is 19.5 Å². The standard InChI is InChI=1S/C25H37N3O/c26-18-9-8-16-24(28)25(29)17-7-2-1-4-13-21-14-10-15-22(23(21)19-27)20-11-5-3-6-12-20/h3,5-6,10-12,14-15,24H,1-2,4,7-9,13,16-19,26-28H2/t24-/m0/s1. The van der Waals surface area contributed by atoms with E-state index in [1.807, 2.05) is 6.07 Å². The predicted molar refractivity (Wildman–Crippen MR) is 122 cm³/mol. The number of Topliss-reactive ketones (excluding diaryl/α,β-unsaturated/α-hetero) is 1. The van der Waals surface area contributed by atoms with E-state index in [0.717, 1.165) is 51.4 Å². The fraction of sp³-hybridized carbons (Fsp3) is 0.480. The van der Waals surface area contributed by atoms with Gasteiger partial charge in [-0.3, -0.25) is 4.79 Å².